The molecule has 0 amide bonds. The fourth-order valence-corrected chi connectivity index (χ4v) is 2.05. The van der Waals surface area contributed by atoms with E-state index in [9.17, 15) is 4.79 Å². The number of fused-ring (bicyclic) bond motifs is 1. The van der Waals surface area contributed by atoms with Crippen LogP contribution in [0.3, 0.4) is 0 Å². The second kappa shape index (κ2) is 3.68. The largest absolute Gasteiger partial charge is 0.417 e. The first kappa shape index (κ1) is 9.47. The molecule has 1 fully saturated rings. The highest BCUT2D eigenvalue weighted by molar-refractivity contribution is 5.77. The number of oxazole rings is 1. The van der Waals surface area contributed by atoms with Gasteiger partial charge in [0.05, 0.1) is 5.52 Å². The lowest BCUT2D eigenvalue weighted by Crippen LogP contribution is -2.43. The van der Waals surface area contributed by atoms with Crippen molar-refractivity contribution in [2.24, 2.45) is 0 Å². The van der Waals surface area contributed by atoms with E-state index < -0.39 is 5.76 Å². The predicted octanol–water partition coefficient (Wildman–Crippen LogP) is 0.531. The van der Waals surface area contributed by atoms with Crippen molar-refractivity contribution in [2.45, 2.75) is 0 Å². The van der Waals surface area contributed by atoms with Crippen LogP contribution in [0.5, 0.6) is 0 Å². The number of H-pyrrole nitrogens is 1. The Hall–Kier alpha value is -1.75. The molecule has 0 atom stereocenters. The molecule has 0 saturated carbocycles. The predicted molar refractivity (Wildman–Crippen MR) is 61.9 cm³/mol. The van der Waals surface area contributed by atoms with Gasteiger partial charge < -0.3 is 14.6 Å². The first-order chi connectivity index (χ1) is 7.83. The lowest BCUT2D eigenvalue weighted by Gasteiger charge is -2.29. The lowest BCUT2D eigenvalue weighted by molar-refractivity contribution is 0.554. The number of anilines is 1. The van der Waals surface area contributed by atoms with Crippen molar-refractivity contribution in [3.8, 4) is 0 Å². The molecule has 0 unspecified atom stereocenters. The van der Waals surface area contributed by atoms with Gasteiger partial charge in [-0.25, -0.2) is 4.79 Å². The van der Waals surface area contributed by atoms with Crippen LogP contribution < -0.4 is 16.0 Å². The van der Waals surface area contributed by atoms with E-state index in [1.165, 1.54) is 0 Å². The second-order valence-corrected chi connectivity index (χ2v) is 3.93. The van der Waals surface area contributed by atoms with Crippen LogP contribution in [0.1, 0.15) is 0 Å². The van der Waals surface area contributed by atoms with E-state index in [1.807, 2.05) is 18.2 Å². The molecular weight excluding hydrogens is 206 g/mol. The normalized spacial score (nSPS) is 16.9. The lowest BCUT2D eigenvalue weighted by atomic mass is 10.2. The monoisotopic (exact) mass is 219 g/mol. The summed E-state index contributed by atoms with van der Waals surface area (Å²) >= 11 is 0. The molecule has 5 heteroatoms. The number of aromatic amines is 1. The smallest absolute Gasteiger partial charge is 0.408 e. The number of rotatable bonds is 1. The highest BCUT2D eigenvalue weighted by Crippen LogP contribution is 2.20. The van der Waals surface area contributed by atoms with Gasteiger partial charge in [-0.05, 0) is 12.1 Å². The van der Waals surface area contributed by atoms with Gasteiger partial charge >= 0.3 is 5.76 Å². The third kappa shape index (κ3) is 1.59. The summed E-state index contributed by atoms with van der Waals surface area (Å²) in [4.78, 5) is 15.9. The Bertz CT molecular complexity index is 552. The molecule has 1 aromatic carbocycles. The Morgan fingerprint density at radius 2 is 2.06 bits per heavy atom. The highest BCUT2D eigenvalue weighted by atomic mass is 16.4. The third-order valence-electron chi connectivity index (χ3n) is 2.89. The van der Waals surface area contributed by atoms with Crippen molar-refractivity contribution in [3.05, 3.63) is 28.7 Å². The number of hydrogen-bond donors (Lipinski definition) is 2. The minimum atomic E-state index is -0.396. The van der Waals surface area contributed by atoms with Crippen molar-refractivity contribution in [1.82, 2.24) is 10.3 Å². The summed E-state index contributed by atoms with van der Waals surface area (Å²) in [6.07, 6.45) is 0. The molecular formula is C11H13N3O2. The van der Waals surface area contributed by atoms with E-state index in [-0.39, 0.29) is 0 Å². The quantitative estimate of drug-likeness (QED) is 0.734. The van der Waals surface area contributed by atoms with Gasteiger partial charge in [0.2, 0.25) is 0 Å². The fraction of sp³-hybridized carbons (Fsp3) is 0.364. The molecule has 0 bridgehead atoms. The summed E-state index contributed by atoms with van der Waals surface area (Å²) in [7, 11) is 0. The summed E-state index contributed by atoms with van der Waals surface area (Å²) in [5.41, 5.74) is 2.49. The molecule has 2 aromatic rings. The van der Waals surface area contributed by atoms with E-state index in [0.717, 1.165) is 37.4 Å². The number of nitrogens with zero attached hydrogens (tertiary/aromatic N) is 1. The van der Waals surface area contributed by atoms with Crippen molar-refractivity contribution < 1.29 is 4.42 Å². The SMILES string of the molecule is O=c1[nH]c2ccc(N3CCNCC3)cc2o1. The fourth-order valence-electron chi connectivity index (χ4n) is 2.05. The average Bonchev–Trinajstić information content (AvgIpc) is 2.69. The van der Waals surface area contributed by atoms with Crippen LogP contribution in [-0.4, -0.2) is 31.2 Å². The molecule has 2 heterocycles. The number of nitrogens with one attached hydrogen (secondary N) is 2. The summed E-state index contributed by atoms with van der Waals surface area (Å²) < 4.78 is 5.05. The number of piperazine rings is 1. The molecule has 1 aliphatic rings. The van der Waals surface area contributed by atoms with Crippen LogP contribution in [0.25, 0.3) is 11.1 Å². The second-order valence-electron chi connectivity index (χ2n) is 3.93. The van der Waals surface area contributed by atoms with Crippen LogP contribution in [0, 0.1) is 0 Å². The number of hydrogen-bond acceptors (Lipinski definition) is 4. The zero-order valence-electron chi connectivity index (χ0n) is 8.82. The Labute approximate surface area is 92.1 Å². The molecule has 3 rings (SSSR count). The van der Waals surface area contributed by atoms with E-state index in [2.05, 4.69) is 15.2 Å². The van der Waals surface area contributed by atoms with Crippen LogP contribution in [0.4, 0.5) is 5.69 Å². The van der Waals surface area contributed by atoms with Crippen LogP contribution in [0.2, 0.25) is 0 Å². The van der Waals surface area contributed by atoms with Gasteiger partial charge in [-0.2, -0.15) is 0 Å². The number of aromatic nitrogens is 1. The Morgan fingerprint density at radius 3 is 2.88 bits per heavy atom. The molecule has 84 valence electrons. The highest BCUT2D eigenvalue weighted by Gasteiger charge is 2.11. The van der Waals surface area contributed by atoms with Crippen LogP contribution >= 0.6 is 0 Å². The van der Waals surface area contributed by atoms with Crippen molar-refractivity contribution >= 4 is 16.8 Å². The van der Waals surface area contributed by atoms with Crippen molar-refractivity contribution in [1.29, 1.82) is 0 Å². The van der Waals surface area contributed by atoms with Crippen molar-refractivity contribution in [3.63, 3.8) is 0 Å². The van der Waals surface area contributed by atoms with Crippen LogP contribution in [-0.2, 0) is 0 Å². The number of benzene rings is 1. The summed E-state index contributed by atoms with van der Waals surface area (Å²) in [6, 6.07) is 5.81. The maximum absolute atomic E-state index is 11.0. The zero-order valence-corrected chi connectivity index (χ0v) is 8.82. The van der Waals surface area contributed by atoms with E-state index in [0.29, 0.717) is 5.58 Å². The van der Waals surface area contributed by atoms with Gasteiger partial charge in [-0.3, -0.25) is 4.98 Å². The van der Waals surface area contributed by atoms with Gasteiger partial charge in [0.15, 0.2) is 5.58 Å². The molecule has 5 nitrogen and oxygen atoms in total. The molecule has 0 radical (unpaired) electrons. The van der Waals surface area contributed by atoms with Gasteiger partial charge in [0.1, 0.15) is 0 Å². The van der Waals surface area contributed by atoms with Gasteiger partial charge in [-0.1, -0.05) is 0 Å². The molecule has 0 aliphatic carbocycles. The molecule has 1 aliphatic heterocycles. The maximum Gasteiger partial charge on any atom is 0.417 e. The molecule has 2 N–H and O–H groups in total. The van der Waals surface area contributed by atoms with Crippen molar-refractivity contribution in [2.75, 3.05) is 31.1 Å². The first-order valence-corrected chi connectivity index (χ1v) is 5.41. The maximum atomic E-state index is 11.0. The Balaban J connectivity index is 2.00. The molecule has 0 spiro atoms. The zero-order chi connectivity index (χ0) is 11.0. The van der Waals surface area contributed by atoms with Gasteiger partial charge in [-0.15, -0.1) is 0 Å². The minimum absolute atomic E-state index is 0.396. The Morgan fingerprint density at radius 1 is 1.25 bits per heavy atom. The standard InChI is InChI=1S/C11H13N3O2/c15-11-13-9-2-1-8(7-10(9)16-11)14-5-3-12-4-6-14/h1-2,7,12H,3-6H2,(H,13,15). The molecule has 1 saturated heterocycles. The summed E-state index contributed by atoms with van der Waals surface area (Å²) in [5.74, 6) is -0.396. The third-order valence-corrected chi connectivity index (χ3v) is 2.89. The summed E-state index contributed by atoms with van der Waals surface area (Å²) in [5, 5.41) is 3.30. The molecule has 1 aromatic heterocycles. The first-order valence-electron chi connectivity index (χ1n) is 5.41. The average molecular weight is 219 g/mol. The van der Waals surface area contributed by atoms with Crippen LogP contribution in [0.15, 0.2) is 27.4 Å². The Kier molecular flexibility index (Phi) is 2.18. The van der Waals surface area contributed by atoms with E-state index in [4.69, 9.17) is 4.42 Å². The van der Waals surface area contributed by atoms with Gasteiger partial charge in [0, 0.05) is 37.9 Å². The minimum Gasteiger partial charge on any atom is -0.408 e. The van der Waals surface area contributed by atoms with E-state index in [1.54, 1.807) is 0 Å². The molecule has 16 heavy (non-hydrogen) atoms. The van der Waals surface area contributed by atoms with Gasteiger partial charge in [0.25, 0.3) is 0 Å². The topological polar surface area (TPSA) is 61.3 Å². The summed E-state index contributed by atoms with van der Waals surface area (Å²) in [6.45, 7) is 3.96. The van der Waals surface area contributed by atoms with E-state index >= 15 is 0 Å².